The molecular formula is C12H17NO5S2. The lowest BCUT2D eigenvalue weighted by molar-refractivity contribution is 0.0701. The first-order chi connectivity index (χ1) is 9.30. The van der Waals surface area contributed by atoms with Crippen molar-refractivity contribution in [2.24, 2.45) is 5.41 Å². The van der Waals surface area contributed by atoms with Crippen LogP contribution in [-0.2, 0) is 10.0 Å². The van der Waals surface area contributed by atoms with Crippen molar-refractivity contribution < 1.29 is 23.4 Å². The number of sulfonamides is 1. The molecule has 0 saturated heterocycles. The molecule has 1 aliphatic rings. The van der Waals surface area contributed by atoms with Gasteiger partial charge in [-0.1, -0.05) is 0 Å². The number of aryl methyl sites for hydroxylation is 1. The Morgan fingerprint density at radius 2 is 2.15 bits per heavy atom. The zero-order valence-electron chi connectivity index (χ0n) is 11.0. The van der Waals surface area contributed by atoms with Crippen LogP contribution in [0.2, 0.25) is 0 Å². The molecule has 0 radical (unpaired) electrons. The maximum absolute atomic E-state index is 12.1. The van der Waals surface area contributed by atoms with Crippen LogP contribution in [0.5, 0.6) is 0 Å². The lowest BCUT2D eigenvalue weighted by Gasteiger charge is -2.13. The summed E-state index contributed by atoms with van der Waals surface area (Å²) < 4.78 is 26.8. The number of aromatic carboxylic acids is 1. The second-order valence-corrected chi connectivity index (χ2v) is 8.23. The van der Waals surface area contributed by atoms with Crippen molar-refractivity contribution in [3.63, 3.8) is 0 Å². The average Bonchev–Trinajstić information content (AvgIpc) is 3.00. The van der Waals surface area contributed by atoms with E-state index in [1.54, 1.807) is 6.92 Å². The highest BCUT2D eigenvalue weighted by atomic mass is 32.2. The van der Waals surface area contributed by atoms with Gasteiger partial charge in [-0.15, -0.1) is 11.3 Å². The molecule has 1 aromatic rings. The number of hydrogen-bond acceptors (Lipinski definition) is 5. The van der Waals surface area contributed by atoms with Crippen LogP contribution in [0.3, 0.4) is 0 Å². The summed E-state index contributed by atoms with van der Waals surface area (Å²) in [6.45, 7) is 1.91. The van der Waals surface area contributed by atoms with Gasteiger partial charge in [0.25, 0.3) is 0 Å². The van der Waals surface area contributed by atoms with Gasteiger partial charge in [-0.25, -0.2) is 17.9 Å². The maximum atomic E-state index is 12.1. The second kappa shape index (κ2) is 5.44. The monoisotopic (exact) mass is 319 g/mol. The number of carboxylic acids is 1. The molecule has 1 saturated carbocycles. The van der Waals surface area contributed by atoms with E-state index in [4.69, 9.17) is 10.2 Å². The molecule has 112 valence electrons. The molecule has 6 nitrogen and oxygen atoms in total. The lowest BCUT2D eigenvalue weighted by atomic mass is 10.0. The van der Waals surface area contributed by atoms with Gasteiger partial charge in [0.05, 0.1) is 0 Å². The number of hydrogen-bond donors (Lipinski definition) is 3. The number of aliphatic hydroxyl groups is 1. The molecule has 1 heterocycles. The summed E-state index contributed by atoms with van der Waals surface area (Å²) in [5, 5.41) is 17.9. The zero-order valence-corrected chi connectivity index (χ0v) is 12.7. The van der Waals surface area contributed by atoms with E-state index in [-0.39, 0.29) is 27.7 Å². The van der Waals surface area contributed by atoms with Gasteiger partial charge in [0.1, 0.15) is 9.09 Å². The maximum Gasteiger partial charge on any atom is 0.346 e. The Balaban J connectivity index is 2.11. The van der Waals surface area contributed by atoms with Gasteiger partial charge in [-0.2, -0.15) is 0 Å². The summed E-state index contributed by atoms with van der Waals surface area (Å²) in [5.74, 6) is -1.12. The highest BCUT2D eigenvalue weighted by Gasteiger charge is 2.42. The van der Waals surface area contributed by atoms with Crippen LogP contribution in [0.1, 0.15) is 34.5 Å². The third-order valence-electron chi connectivity index (χ3n) is 3.59. The Morgan fingerprint density at radius 3 is 2.60 bits per heavy atom. The molecule has 2 rings (SSSR count). The molecule has 0 bridgehead atoms. The lowest BCUT2D eigenvalue weighted by Crippen LogP contribution is -2.30. The van der Waals surface area contributed by atoms with Crippen LogP contribution in [0.25, 0.3) is 0 Å². The molecule has 1 aliphatic carbocycles. The minimum absolute atomic E-state index is 0.0206. The number of carbonyl (C=O) groups is 1. The Hall–Kier alpha value is -0.960. The highest BCUT2D eigenvalue weighted by Crippen LogP contribution is 2.48. The van der Waals surface area contributed by atoms with E-state index >= 15 is 0 Å². The first-order valence-electron chi connectivity index (χ1n) is 6.24. The standard InChI is InChI=1S/C12H17NO5S2/c1-8-6-9(19-10(8)11(15)16)20(17,18)13-7-12(2-3-12)4-5-14/h6,13-14H,2-5,7H2,1H3,(H,15,16). The van der Waals surface area contributed by atoms with Gasteiger partial charge in [0.2, 0.25) is 10.0 Å². The third kappa shape index (κ3) is 3.20. The van der Waals surface area contributed by atoms with E-state index < -0.39 is 16.0 Å². The zero-order chi connectivity index (χ0) is 15.0. The predicted octanol–water partition coefficient (Wildman–Crippen LogP) is 1.20. The van der Waals surface area contributed by atoms with E-state index in [1.165, 1.54) is 6.07 Å². The van der Waals surface area contributed by atoms with Crippen LogP contribution in [0.4, 0.5) is 0 Å². The van der Waals surface area contributed by atoms with E-state index in [0.29, 0.717) is 12.0 Å². The van der Waals surface area contributed by atoms with Crippen molar-refractivity contribution in [2.45, 2.75) is 30.4 Å². The summed E-state index contributed by atoms with van der Waals surface area (Å²) in [6.07, 6.45) is 2.39. The van der Waals surface area contributed by atoms with Crippen molar-refractivity contribution in [3.05, 3.63) is 16.5 Å². The fourth-order valence-electron chi connectivity index (χ4n) is 2.05. The minimum atomic E-state index is -3.68. The molecule has 3 N–H and O–H groups in total. The molecule has 0 aromatic carbocycles. The number of rotatable bonds is 7. The van der Waals surface area contributed by atoms with Gasteiger partial charge < -0.3 is 10.2 Å². The first kappa shape index (κ1) is 15.4. The number of aliphatic hydroxyl groups excluding tert-OH is 1. The second-order valence-electron chi connectivity index (χ2n) is 5.18. The summed E-state index contributed by atoms with van der Waals surface area (Å²) in [7, 11) is -3.68. The molecule has 0 amide bonds. The number of nitrogens with one attached hydrogen (secondary N) is 1. The molecular weight excluding hydrogens is 302 g/mol. The summed E-state index contributed by atoms with van der Waals surface area (Å²) in [6, 6.07) is 1.38. The quantitative estimate of drug-likeness (QED) is 0.700. The SMILES string of the molecule is Cc1cc(S(=O)(=O)NCC2(CCO)CC2)sc1C(=O)O. The van der Waals surface area contributed by atoms with Crippen molar-refractivity contribution in [1.29, 1.82) is 0 Å². The Kier molecular flexibility index (Phi) is 4.19. The summed E-state index contributed by atoms with van der Waals surface area (Å²) in [5.41, 5.74) is 0.323. The third-order valence-corrected chi connectivity index (χ3v) is 6.69. The van der Waals surface area contributed by atoms with Crippen LogP contribution in [0.15, 0.2) is 10.3 Å². The highest BCUT2D eigenvalue weighted by molar-refractivity contribution is 7.91. The smallest absolute Gasteiger partial charge is 0.346 e. The molecule has 0 atom stereocenters. The normalized spacial score (nSPS) is 17.1. The van der Waals surface area contributed by atoms with Crippen molar-refractivity contribution in [2.75, 3.05) is 13.2 Å². The summed E-state index contributed by atoms with van der Waals surface area (Å²) in [4.78, 5) is 11.0. The number of thiophene rings is 1. The molecule has 1 aromatic heterocycles. The van der Waals surface area contributed by atoms with Gasteiger partial charge in [-0.3, -0.25) is 0 Å². The van der Waals surface area contributed by atoms with E-state index in [0.717, 1.165) is 24.2 Å². The molecule has 20 heavy (non-hydrogen) atoms. The Bertz CT molecular complexity index is 616. The molecule has 1 fully saturated rings. The van der Waals surface area contributed by atoms with Gasteiger partial charge in [0, 0.05) is 13.2 Å². The van der Waals surface area contributed by atoms with Crippen LogP contribution < -0.4 is 4.72 Å². The van der Waals surface area contributed by atoms with Crippen molar-refractivity contribution >= 4 is 27.3 Å². The van der Waals surface area contributed by atoms with Crippen molar-refractivity contribution in [1.82, 2.24) is 4.72 Å². The van der Waals surface area contributed by atoms with E-state index in [9.17, 15) is 13.2 Å². The Morgan fingerprint density at radius 1 is 1.50 bits per heavy atom. The Labute approximate surface area is 121 Å². The van der Waals surface area contributed by atoms with Crippen LogP contribution >= 0.6 is 11.3 Å². The largest absolute Gasteiger partial charge is 0.477 e. The van der Waals surface area contributed by atoms with Gasteiger partial charge in [-0.05, 0) is 43.2 Å². The van der Waals surface area contributed by atoms with Crippen LogP contribution in [-0.4, -0.2) is 37.8 Å². The van der Waals surface area contributed by atoms with Gasteiger partial charge in [0.15, 0.2) is 0 Å². The molecule has 0 unspecified atom stereocenters. The first-order valence-corrected chi connectivity index (χ1v) is 8.54. The van der Waals surface area contributed by atoms with E-state index in [2.05, 4.69) is 4.72 Å². The molecule has 8 heteroatoms. The predicted molar refractivity (Wildman–Crippen MR) is 74.6 cm³/mol. The molecule has 0 spiro atoms. The fraction of sp³-hybridized carbons (Fsp3) is 0.583. The average molecular weight is 319 g/mol. The summed E-state index contributed by atoms with van der Waals surface area (Å²) >= 11 is 0.760. The fourth-order valence-corrected chi connectivity index (χ4v) is 4.63. The van der Waals surface area contributed by atoms with Gasteiger partial charge >= 0.3 is 5.97 Å². The minimum Gasteiger partial charge on any atom is -0.477 e. The van der Waals surface area contributed by atoms with Crippen LogP contribution in [0, 0.1) is 12.3 Å². The topological polar surface area (TPSA) is 104 Å². The number of carboxylic acid groups (broad SMARTS) is 1. The van der Waals surface area contributed by atoms with Crippen molar-refractivity contribution in [3.8, 4) is 0 Å². The molecule has 0 aliphatic heterocycles. The van der Waals surface area contributed by atoms with E-state index in [1.807, 2.05) is 0 Å².